The average Bonchev–Trinajstić information content (AvgIpc) is 2.34. The summed E-state index contributed by atoms with van der Waals surface area (Å²) in [5.74, 6) is 0.741. The van der Waals surface area contributed by atoms with Crippen LogP contribution in [0, 0.1) is 5.92 Å². The average molecular weight is 340 g/mol. The fourth-order valence-corrected chi connectivity index (χ4v) is 5.16. The molecule has 0 heterocycles. The van der Waals surface area contributed by atoms with Crippen LogP contribution in [0.4, 0.5) is 0 Å². The van der Waals surface area contributed by atoms with Crippen LogP contribution < -0.4 is 0 Å². The Morgan fingerprint density at radius 2 is 1.83 bits per heavy atom. The van der Waals surface area contributed by atoms with Crippen LogP contribution in [0.3, 0.4) is 0 Å². The van der Waals surface area contributed by atoms with E-state index in [1.165, 1.54) is 19.3 Å². The van der Waals surface area contributed by atoms with Crippen molar-refractivity contribution >= 4 is 26.0 Å². The van der Waals surface area contributed by atoms with Crippen LogP contribution in [0.15, 0.2) is 0 Å². The van der Waals surface area contributed by atoms with E-state index >= 15 is 0 Å². The molecule has 1 saturated carbocycles. The number of hydrogen-bond donors (Lipinski definition) is 0. The van der Waals surface area contributed by atoms with Crippen LogP contribution in [0.2, 0.25) is 0 Å². The van der Waals surface area contributed by atoms with Crippen LogP contribution >= 0.6 is 15.9 Å². The van der Waals surface area contributed by atoms with Gasteiger partial charge in [-0.25, -0.2) is 8.42 Å². The summed E-state index contributed by atoms with van der Waals surface area (Å²) < 4.78 is 26.6. The third-order valence-corrected chi connectivity index (χ3v) is 5.90. The lowest BCUT2D eigenvalue weighted by Gasteiger charge is -2.33. The van der Waals surface area contributed by atoms with Crippen molar-refractivity contribution in [2.45, 2.75) is 58.4 Å². The van der Waals surface area contributed by atoms with Crippen LogP contribution in [0.1, 0.15) is 52.4 Å². The first-order valence-electron chi connectivity index (χ1n) is 7.03. The van der Waals surface area contributed by atoms with E-state index in [9.17, 15) is 8.42 Å². The lowest BCUT2D eigenvalue weighted by atomic mass is 9.95. The van der Waals surface area contributed by atoms with E-state index in [-0.39, 0.29) is 6.04 Å². The number of sulfonamides is 1. The van der Waals surface area contributed by atoms with Crippen LogP contribution in [0.5, 0.6) is 0 Å². The Morgan fingerprint density at radius 3 is 2.33 bits per heavy atom. The van der Waals surface area contributed by atoms with Crippen molar-refractivity contribution in [3.05, 3.63) is 0 Å². The van der Waals surface area contributed by atoms with Crippen molar-refractivity contribution in [3.8, 4) is 0 Å². The molecule has 1 aliphatic carbocycles. The van der Waals surface area contributed by atoms with Crippen molar-refractivity contribution in [3.63, 3.8) is 0 Å². The minimum Gasteiger partial charge on any atom is -0.212 e. The molecule has 1 fully saturated rings. The summed E-state index contributed by atoms with van der Waals surface area (Å²) in [6.07, 6.45) is 6.42. The first-order valence-corrected chi connectivity index (χ1v) is 9.76. The van der Waals surface area contributed by atoms with E-state index in [1.807, 2.05) is 0 Å². The summed E-state index contributed by atoms with van der Waals surface area (Å²) in [5, 5.41) is 0.727. The van der Waals surface area contributed by atoms with E-state index in [4.69, 9.17) is 0 Å². The maximum Gasteiger partial charge on any atom is 0.214 e. The molecular weight excluding hydrogens is 314 g/mol. The van der Waals surface area contributed by atoms with Crippen molar-refractivity contribution < 1.29 is 8.42 Å². The lowest BCUT2D eigenvalue weighted by Crippen LogP contribution is -2.43. The van der Waals surface area contributed by atoms with E-state index in [0.29, 0.717) is 18.2 Å². The fourth-order valence-electron chi connectivity index (χ4n) is 2.50. The molecule has 18 heavy (non-hydrogen) atoms. The Balaban J connectivity index is 2.69. The molecular formula is C13H26BrNO2S. The summed E-state index contributed by atoms with van der Waals surface area (Å²) in [4.78, 5) is 0. The van der Waals surface area contributed by atoms with Gasteiger partial charge in [0.05, 0.1) is 5.75 Å². The van der Waals surface area contributed by atoms with Gasteiger partial charge in [-0.2, -0.15) is 4.31 Å². The summed E-state index contributed by atoms with van der Waals surface area (Å²) in [7, 11) is -3.08. The number of halogens is 1. The van der Waals surface area contributed by atoms with Gasteiger partial charge in [-0.15, -0.1) is 0 Å². The van der Waals surface area contributed by atoms with Gasteiger partial charge in [-0.3, -0.25) is 0 Å². The number of hydrogen-bond acceptors (Lipinski definition) is 2. The number of alkyl halides is 1. The highest BCUT2D eigenvalue weighted by Gasteiger charge is 2.30. The van der Waals surface area contributed by atoms with Crippen molar-refractivity contribution in [2.24, 2.45) is 5.92 Å². The molecule has 0 aromatic heterocycles. The third kappa shape index (κ3) is 5.17. The van der Waals surface area contributed by atoms with Gasteiger partial charge in [0.25, 0.3) is 0 Å². The monoisotopic (exact) mass is 339 g/mol. The van der Waals surface area contributed by atoms with E-state index in [2.05, 4.69) is 29.8 Å². The molecule has 0 N–H and O–H groups in total. The van der Waals surface area contributed by atoms with Crippen LogP contribution in [-0.4, -0.2) is 36.4 Å². The first kappa shape index (κ1) is 16.4. The molecule has 3 nitrogen and oxygen atoms in total. The lowest BCUT2D eigenvalue weighted by molar-refractivity contribution is 0.262. The number of rotatable bonds is 7. The van der Waals surface area contributed by atoms with Gasteiger partial charge in [0.15, 0.2) is 0 Å². The minimum absolute atomic E-state index is 0.244. The molecule has 1 rings (SSSR count). The Labute approximate surface area is 121 Å². The molecule has 0 aliphatic heterocycles. The largest absolute Gasteiger partial charge is 0.214 e. The Morgan fingerprint density at radius 1 is 1.22 bits per heavy atom. The highest BCUT2D eigenvalue weighted by atomic mass is 79.9. The Hall–Kier alpha value is 0.390. The molecule has 5 heteroatoms. The molecule has 0 saturated heterocycles. The Kier molecular flexibility index (Phi) is 7.17. The van der Waals surface area contributed by atoms with Crippen LogP contribution in [-0.2, 0) is 10.0 Å². The second-order valence-corrected chi connectivity index (χ2v) is 8.42. The molecule has 0 bridgehead atoms. The SMILES string of the molecule is CC(C)CCS(=O)(=O)N(CCBr)C1CCCCC1. The van der Waals surface area contributed by atoms with E-state index in [1.54, 1.807) is 4.31 Å². The van der Waals surface area contributed by atoms with E-state index in [0.717, 1.165) is 24.6 Å². The predicted molar refractivity (Wildman–Crippen MR) is 80.6 cm³/mol. The molecule has 0 atom stereocenters. The van der Waals surface area contributed by atoms with Gasteiger partial charge >= 0.3 is 0 Å². The molecule has 0 unspecified atom stereocenters. The van der Waals surface area contributed by atoms with Gasteiger partial charge in [0.1, 0.15) is 0 Å². The second kappa shape index (κ2) is 7.85. The summed E-state index contributed by atoms with van der Waals surface area (Å²) >= 11 is 3.38. The highest BCUT2D eigenvalue weighted by Crippen LogP contribution is 2.25. The summed E-state index contributed by atoms with van der Waals surface area (Å²) in [5.41, 5.74) is 0. The zero-order chi connectivity index (χ0) is 13.6. The molecule has 0 aromatic rings. The zero-order valence-corrected chi connectivity index (χ0v) is 14.0. The van der Waals surface area contributed by atoms with E-state index < -0.39 is 10.0 Å². The van der Waals surface area contributed by atoms with Crippen molar-refractivity contribution in [1.29, 1.82) is 0 Å². The minimum atomic E-state index is -3.08. The van der Waals surface area contributed by atoms with Crippen molar-refractivity contribution in [2.75, 3.05) is 17.6 Å². The molecule has 1 aliphatic rings. The highest BCUT2D eigenvalue weighted by molar-refractivity contribution is 9.09. The standard InChI is InChI=1S/C13H26BrNO2S/c1-12(2)8-11-18(16,17)15(10-9-14)13-6-4-3-5-7-13/h12-13H,3-11H2,1-2H3. The topological polar surface area (TPSA) is 37.4 Å². The first-order chi connectivity index (χ1) is 8.47. The van der Waals surface area contributed by atoms with Gasteiger partial charge in [-0.05, 0) is 25.2 Å². The fraction of sp³-hybridized carbons (Fsp3) is 1.00. The Bertz CT molecular complexity index is 324. The molecule has 0 aromatic carbocycles. The van der Waals surface area contributed by atoms with Gasteiger partial charge in [0, 0.05) is 17.9 Å². The molecule has 108 valence electrons. The molecule has 0 amide bonds. The maximum atomic E-state index is 12.4. The van der Waals surface area contributed by atoms with Gasteiger partial charge in [-0.1, -0.05) is 49.0 Å². The zero-order valence-electron chi connectivity index (χ0n) is 11.6. The smallest absolute Gasteiger partial charge is 0.212 e. The quantitative estimate of drug-likeness (QED) is 0.666. The van der Waals surface area contributed by atoms with Gasteiger partial charge < -0.3 is 0 Å². The molecule has 0 spiro atoms. The summed E-state index contributed by atoms with van der Waals surface area (Å²) in [6.45, 7) is 4.76. The van der Waals surface area contributed by atoms with Gasteiger partial charge in [0.2, 0.25) is 10.0 Å². The van der Waals surface area contributed by atoms with Crippen molar-refractivity contribution in [1.82, 2.24) is 4.31 Å². The second-order valence-electron chi connectivity index (χ2n) is 5.59. The summed E-state index contributed by atoms with van der Waals surface area (Å²) in [6, 6.07) is 0.244. The normalized spacial score (nSPS) is 18.7. The third-order valence-electron chi connectivity index (χ3n) is 3.60. The predicted octanol–water partition coefficient (Wildman–Crippen LogP) is 3.39. The maximum absolute atomic E-state index is 12.4. The molecule has 0 radical (unpaired) electrons. The van der Waals surface area contributed by atoms with Crippen LogP contribution in [0.25, 0.3) is 0 Å². The number of nitrogens with zero attached hydrogens (tertiary/aromatic N) is 1.